The molecule has 1 aliphatic rings. The minimum atomic E-state index is -0.152. The van der Waals surface area contributed by atoms with E-state index in [2.05, 4.69) is 15.1 Å². The van der Waals surface area contributed by atoms with Crippen molar-refractivity contribution < 1.29 is 13.7 Å². The summed E-state index contributed by atoms with van der Waals surface area (Å²) in [6.45, 7) is 1.54. The van der Waals surface area contributed by atoms with Crippen LogP contribution in [-0.4, -0.2) is 37.6 Å². The minimum Gasteiger partial charge on any atom is -0.451 e. The topological polar surface area (TPSA) is 85.3 Å². The highest BCUT2D eigenvalue weighted by atomic mass is 32.2. The maximum absolute atomic E-state index is 11.5. The van der Waals surface area contributed by atoms with Gasteiger partial charge in [0.1, 0.15) is 18.0 Å². The van der Waals surface area contributed by atoms with E-state index in [4.69, 9.17) is 8.94 Å². The van der Waals surface area contributed by atoms with Crippen molar-refractivity contribution in [1.29, 1.82) is 0 Å². The summed E-state index contributed by atoms with van der Waals surface area (Å²) in [4.78, 5) is 21.4. The molecule has 1 fully saturated rings. The predicted octanol–water partition coefficient (Wildman–Crippen LogP) is 1.32. The molecule has 94 valence electrons. The Labute approximate surface area is 107 Å². The lowest BCUT2D eigenvalue weighted by Gasteiger charge is -2.18. The molecule has 1 unspecified atom stereocenters. The molecule has 2 aromatic rings. The van der Waals surface area contributed by atoms with Gasteiger partial charge in [-0.25, -0.2) is 4.98 Å². The van der Waals surface area contributed by atoms with Crippen molar-refractivity contribution in [2.75, 3.05) is 11.6 Å². The zero-order valence-corrected chi connectivity index (χ0v) is 10.4. The molecule has 1 atom stereocenters. The van der Waals surface area contributed by atoms with Gasteiger partial charge < -0.3 is 13.8 Å². The van der Waals surface area contributed by atoms with Gasteiger partial charge in [0.25, 0.3) is 5.89 Å². The molecule has 0 bridgehead atoms. The second kappa shape index (κ2) is 4.45. The van der Waals surface area contributed by atoms with E-state index in [1.54, 1.807) is 16.7 Å². The van der Waals surface area contributed by atoms with Gasteiger partial charge in [-0.1, -0.05) is 5.16 Å². The van der Waals surface area contributed by atoms with Crippen molar-refractivity contribution in [1.82, 2.24) is 20.0 Å². The molecule has 0 radical (unpaired) electrons. The molecule has 8 heteroatoms. The number of rotatable bonds is 2. The highest BCUT2D eigenvalue weighted by molar-refractivity contribution is 7.99. The van der Waals surface area contributed by atoms with Gasteiger partial charge in [0.15, 0.2) is 6.39 Å². The van der Waals surface area contributed by atoms with Gasteiger partial charge in [0.2, 0.25) is 11.7 Å². The molecule has 1 saturated heterocycles. The molecule has 0 aliphatic carbocycles. The van der Waals surface area contributed by atoms with E-state index in [9.17, 15) is 4.79 Å². The van der Waals surface area contributed by atoms with Crippen LogP contribution < -0.4 is 0 Å². The Morgan fingerprint density at radius 2 is 2.50 bits per heavy atom. The predicted molar refractivity (Wildman–Crippen MR) is 62.4 cm³/mol. The first-order chi connectivity index (χ1) is 8.75. The Bertz CT molecular complexity index is 553. The third kappa shape index (κ3) is 1.88. The molecule has 3 rings (SSSR count). The van der Waals surface area contributed by atoms with Crippen molar-refractivity contribution >= 4 is 17.7 Å². The van der Waals surface area contributed by atoms with E-state index in [0.29, 0.717) is 23.3 Å². The standard InChI is InChI=1S/C10H10N4O3S/c1-6(15)14-5-18-3-8(14)10-12-9(13-17-10)7-2-16-4-11-7/h2,4,8H,3,5H2,1H3. The largest absolute Gasteiger partial charge is 0.451 e. The van der Waals surface area contributed by atoms with Crippen molar-refractivity contribution in [3.63, 3.8) is 0 Å². The molecule has 0 spiro atoms. The lowest BCUT2D eigenvalue weighted by atomic mass is 10.3. The zero-order valence-electron chi connectivity index (χ0n) is 9.57. The molecule has 0 aromatic carbocycles. The van der Waals surface area contributed by atoms with Crippen LogP contribution in [0.2, 0.25) is 0 Å². The van der Waals surface area contributed by atoms with Gasteiger partial charge in [0, 0.05) is 12.7 Å². The Morgan fingerprint density at radius 1 is 1.61 bits per heavy atom. The van der Waals surface area contributed by atoms with Crippen LogP contribution in [0.5, 0.6) is 0 Å². The summed E-state index contributed by atoms with van der Waals surface area (Å²) < 4.78 is 10.1. The van der Waals surface area contributed by atoms with Crippen LogP contribution in [0.15, 0.2) is 21.6 Å². The van der Waals surface area contributed by atoms with Gasteiger partial charge in [-0.15, -0.1) is 11.8 Å². The SMILES string of the molecule is CC(=O)N1CSCC1c1nc(-c2cocn2)no1. The number of carbonyl (C=O) groups excluding carboxylic acids is 1. The Morgan fingerprint density at radius 3 is 3.22 bits per heavy atom. The average Bonchev–Trinajstić information content (AvgIpc) is 3.10. The highest BCUT2D eigenvalue weighted by Crippen LogP contribution is 2.32. The van der Waals surface area contributed by atoms with Crippen LogP contribution in [0.25, 0.3) is 11.5 Å². The van der Waals surface area contributed by atoms with E-state index in [1.807, 2.05) is 0 Å². The quantitative estimate of drug-likeness (QED) is 0.810. The summed E-state index contributed by atoms with van der Waals surface area (Å²) in [5.74, 6) is 2.24. The summed E-state index contributed by atoms with van der Waals surface area (Å²) >= 11 is 1.66. The minimum absolute atomic E-state index is 0.00573. The van der Waals surface area contributed by atoms with E-state index in [1.165, 1.54) is 19.6 Å². The van der Waals surface area contributed by atoms with E-state index in [0.717, 1.165) is 5.75 Å². The lowest BCUT2D eigenvalue weighted by molar-refractivity contribution is -0.129. The van der Waals surface area contributed by atoms with Crippen molar-refractivity contribution in [3.05, 3.63) is 18.5 Å². The van der Waals surface area contributed by atoms with Gasteiger partial charge >= 0.3 is 0 Å². The first-order valence-corrected chi connectivity index (χ1v) is 6.48. The van der Waals surface area contributed by atoms with Gasteiger partial charge in [-0.3, -0.25) is 4.79 Å². The van der Waals surface area contributed by atoms with Gasteiger partial charge in [-0.05, 0) is 0 Å². The van der Waals surface area contributed by atoms with Crippen LogP contribution in [0.4, 0.5) is 0 Å². The fraction of sp³-hybridized carbons (Fsp3) is 0.400. The van der Waals surface area contributed by atoms with Crippen molar-refractivity contribution in [2.45, 2.75) is 13.0 Å². The van der Waals surface area contributed by atoms with E-state index < -0.39 is 0 Å². The maximum Gasteiger partial charge on any atom is 0.250 e. The number of thioether (sulfide) groups is 1. The smallest absolute Gasteiger partial charge is 0.250 e. The van der Waals surface area contributed by atoms with Crippen molar-refractivity contribution in [2.24, 2.45) is 0 Å². The first-order valence-electron chi connectivity index (χ1n) is 5.33. The zero-order chi connectivity index (χ0) is 12.5. The summed E-state index contributed by atoms with van der Waals surface area (Å²) in [6, 6.07) is -0.152. The first kappa shape index (κ1) is 11.3. The fourth-order valence-corrected chi connectivity index (χ4v) is 2.96. The number of carbonyl (C=O) groups is 1. The normalized spacial score (nSPS) is 19.4. The van der Waals surface area contributed by atoms with Crippen molar-refractivity contribution in [3.8, 4) is 11.5 Å². The second-order valence-electron chi connectivity index (χ2n) is 3.83. The average molecular weight is 266 g/mol. The molecule has 1 amide bonds. The molecule has 0 N–H and O–H groups in total. The number of oxazole rings is 1. The van der Waals surface area contributed by atoms with Crippen LogP contribution in [0, 0.1) is 0 Å². The fourth-order valence-electron chi connectivity index (χ4n) is 1.76. The summed E-state index contributed by atoms with van der Waals surface area (Å²) in [5, 5.41) is 3.84. The van der Waals surface area contributed by atoms with Crippen LogP contribution >= 0.6 is 11.8 Å². The lowest BCUT2D eigenvalue weighted by Crippen LogP contribution is -2.28. The third-order valence-corrected chi connectivity index (χ3v) is 3.69. The Hall–Kier alpha value is -1.83. The maximum atomic E-state index is 11.5. The van der Waals surface area contributed by atoms with E-state index in [-0.39, 0.29) is 11.9 Å². The molecule has 7 nitrogen and oxygen atoms in total. The molecular weight excluding hydrogens is 256 g/mol. The van der Waals surface area contributed by atoms with E-state index >= 15 is 0 Å². The molecule has 3 heterocycles. The molecule has 1 aliphatic heterocycles. The number of aromatic nitrogens is 3. The van der Waals surface area contributed by atoms with Gasteiger partial charge in [0.05, 0.1) is 5.88 Å². The number of nitrogens with zero attached hydrogens (tertiary/aromatic N) is 4. The van der Waals surface area contributed by atoms with Crippen LogP contribution in [0.3, 0.4) is 0 Å². The Kier molecular flexibility index (Phi) is 2.78. The number of hydrogen-bond donors (Lipinski definition) is 0. The van der Waals surface area contributed by atoms with Crippen LogP contribution in [-0.2, 0) is 4.79 Å². The summed E-state index contributed by atoms with van der Waals surface area (Å²) in [7, 11) is 0. The second-order valence-corrected chi connectivity index (χ2v) is 4.83. The molecule has 18 heavy (non-hydrogen) atoms. The summed E-state index contributed by atoms with van der Waals surface area (Å²) in [5.41, 5.74) is 0.519. The number of hydrogen-bond acceptors (Lipinski definition) is 7. The highest BCUT2D eigenvalue weighted by Gasteiger charge is 2.33. The monoisotopic (exact) mass is 266 g/mol. The Balaban J connectivity index is 1.87. The molecule has 0 saturated carbocycles. The molecular formula is C10H10N4O3S. The third-order valence-electron chi connectivity index (χ3n) is 2.67. The summed E-state index contributed by atoms with van der Waals surface area (Å²) in [6.07, 6.45) is 2.75. The van der Waals surface area contributed by atoms with Crippen LogP contribution in [0.1, 0.15) is 18.9 Å². The number of amides is 1. The van der Waals surface area contributed by atoms with Gasteiger partial charge in [-0.2, -0.15) is 4.98 Å². The molecule has 2 aromatic heterocycles.